The van der Waals surface area contributed by atoms with Crippen molar-refractivity contribution in [1.29, 1.82) is 0 Å². The fraction of sp³-hybridized carbons (Fsp3) is 0.391. The van der Waals surface area contributed by atoms with Crippen LogP contribution in [0.2, 0.25) is 0 Å². The normalized spacial score (nSPS) is 14.8. The second kappa shape index (κ2) is 10.4. The lowest BCUT2D eigenvalue weighted by Gasteiger charge is -2.35. The van der Waals surface area contributed by atoms with Crippen LogP contribution < -0.4 is 15.2 Å². The van der Waals surface area contributed by atoms with Gasteiger partial charge in [-0.1, -0.05) is 12.1 Å². The van der Waals surface area contributed by atoms with E-state index in [1.165, 1.54) is 20.3 Å². The third-order valence-corrected chi connectivity index (χ3v) is 5.48. The van der Waals surface area contributed by atoms with E-state index in [0.717, 1.165) is 12.1 Å². The van der Waals surface area contributed by atoms with Crippen molar-refractivity contribution in [3.63, 3.8) is 0 Å². The molecule has 0 unspecified atom stereocenters. The summed E-state index contributed by atoms with van der Waals surface area (Å²) in [7, 11) is 2.98. The molecule has 0 bridgehead atoms. The van der Waals surface area contributed by atoms with E-state index < -0.39 is 17.7 Å². The largest absolute Gasteiger partial charge is 0.496 e. The number of hydrogen-bond acceptors (Lipinski definition) is 5. The monoisotopic (exact) mass is 447 g/mol. The van der Waals surface area contributed by atoms with Crippen molar-refractivity contribution in [2.24, 2.45) is 5.73 Å². The van der Waals surface area contributed by atoms with Crippen molar-refractivity contribution < 1.29 is 27.8 Å². The average Bonchev–Trinajstić information content (AvgIpc) is 2.80. The summed E-state index contributed by atoms with van der Waals surface area (Å²) in [6, 6.07) is 8.22. The number of carbonyl (C=O) groups is 2. The van der Waals surface area contributed by atoms with Gasteiger partial charge in [0.2, 0.25) is 5.91 Å². The van der Waals surface area contributed by atoms with E-state index in [0.29, 0.717) is 48.8 Å². The number of methoxy groups -OCH3 is 2. The molecule has 0 spiro atoms. The van der Waals surface area contributed by atoms with E-state index in [2.05, 4.69) is 0 Å². The summed E-state index contributed by atoms with van der Waals surface area (Å²) in [5, 5.41) is 0. The highest BCUT2D eigenvalue weighted by Gasteiger charge is 2.29. The highest BCUT2D eigenvalue weighted by atomic mass is 19.2. The maximum absolute atomic E-state index is 13.4. The number of halogens is 2. The second-order valence-electron chi connectivity index (χ2n) is 7.63. The lowest BCUT2D eigenvalue weighted by molar-refractivity contribution is -0.133. The van der Waals surface area contributed by atoms with E-state index in [1.807, 2.05) is 0 Å². The minimum atomic E-state index is -0.937. The van der Waals surface area contributed by atoms with E-state index in [4.69, 9.17) is 15.2 Å². The van der Waals surface area contributed by atoms with Crippen LogP contribution >= 0.6 is 0 Å². The van der Waals surface area contributed by atoms with Crippen LogP contribution in [0.1, 0.15) is 22.3 Å². The predicted molar refractivity (Wildman–Crippen MR) is 115 cm³/mol. The van der Waals surface area contributed by atoms with E-state index in [-0.39, 0.29) is 24.7 Å². The number of carbonyl (C=O) groups excluding carboxylic acids is 2. The molecular formula is C23H27F2N3O4. The summed E-state index contributed by atoms with van der Waals surface area (Å²) >= 11 is 0. The zero-order valence-electron chi connectivity index (χ0n) is 18.1. The lowest BCUT2D eigenvalue weighted by Crippen LogP contribution is -2.51. The van der Waals surface area contributed by atoms with Gasteiger partial charge in [-0.25, -0.2) is 8.78 Å². The summed E-state index contributed by atoms with van der Waals surface area (Å²) in [4.78, 5) is 29.0. The van der Waals surface area contributed by atoms with Gasteiger partial charge in [-0.15, -0.1) is 0 Å². The third-order valence-electron chi connectivity index (χ3n) is 5.48. The van der Waals surface area contributed by atoms with Gasteiger partial charge in [-0.2, -0.15) is 0 Å². The Labute approximate surface area is 185 Å². The molecule has 32 heavy (non-hydrogen) atoms. The molecule has 1 fully saturated rings. The fourth-order valence-corrected chi connectivity index (χ4v) is 3.77. The molecule has 0 saturated carbocycles. The Balaban J connectivity index is 1.55. The Bertz CT molecular complexity index is 955. The quantitative estimate of drug-likeness (QED) is 0.704. The third kappa shape index (κ3) is 5.34. The molecule has 1 saturated heterocycles. The fourth-order valence-electron chi connectivity index (χ4n) is 3.77. The van der Waals surface area contributed by atoms with Crippen LogP contribution in [0.25, 0.3) is 0 Å². The zero-order chi connectivity index (χ0) is 23.3. The van der Waals surface area contributed by atoms with Gasteiger partial charge >= 0.3 is 0 Å². The van der Waals surface area contributed by atoms with Crippen LogP contribution in [0.3, 0.4) is 0 Å². The Morgan fingerprint density at radius 1 is 0.969 bits per heavy atom. The highest BCUT2D eigenvalue weighted by molar-refractivity contribution is 6.00. The van der Waals surface area contributed by atoms with Gasteiger partial charge in [0.1, 0.15) is 17.1 Å². The molecule has 0 radical (unpaired) electrons. The first kappa shape index (κ1) is 23.5. The summed E-state index contributed by atoms with van der Waals surface area (Å²) in [5.41, 5.74) is 6.95. The number of hydrogen-bond donors (Lipinski definition) is 1. The van der Waals surface area contributed by atoms with Gasteiger partial charge in [0.05, 0.1) is 14.2 Å². The molecule has 2 N–H and O–H groups in total. The van der Waals surface area contributed by atoms with Gasteiger partial charge < -0.3 is 25.0 Å². The number of ether oxygens (including phenoxy) is 2. The van der Waals surface area contributed by atoms with Crippen LogP contribution in [0.15, 0.2) is 36.4 Å². The summed E-state index contributed by atoms with van der Waals surface area (Å²) in [5.74, 6) is -1.36. The van der Waals surface area contributed by atoms with Gasteiger partial charge in [0, 0.05) is 38.6 Å². The van der Waals surface area contributed by atoms with Gasteiger partial charge in [-0.3, -0.25) is 9.59 Å². The topological polar surface area (TPSA) is 85.1 Å². The molecule has 2 aromatic carbocycles. The first-order valence-electron chi connectivity index (χ1n) is 10.3. The van der Waals surface area contributed by atoms with Crippen molar-refractivity contribution in [1.82, 2.24) is 9.80 Å². The van der Waals surface area contributed by atoms with Crippen molar-refractivity contribution in [3.8, 4) is 11.5 Å². The Hall–Kier alpha value is -3.20. The number of amides is 2. The van der Waals surface area contributed by atoms with E-state index in [9.17, 15) is 18.4 Å². The standard InChI is InChI=1S/C23H27F2N3O4/c1-31-19-4-3-5-20(32-2)22(19)23(30)28-10-8-27(9-11-28)21(29)14-16(26)12-15-6-7-17(24)18(25)13-15/h3-7,13,16H,8-12,14,26H2,1-2H3/t16-/m1/s1. The zero-order valence-corrected chi connectivity index (χ0v) is 18.1. The SMILES string of the molecule is COc1cccc(OC)c1C(=O)N1CCN(C(=O)C[C@H](N)Cc2ccc(F)c(F)c2)CC1. The number of rotatable bonds is 7. The number of nitrogens with two attached hydrogens (primary N) is 1. The molecule has 0 aliphatic carbocycles. The number of piperazine rings is 1. The van der Waals surface area contributed by atoms with Gasteiger partial charge in [0.15, 0.2) is 11.6 Å². The van der Waals surface area contributed by atoms with Crippen LogP contribution in [0.4, 0.5) is 8.78 Å². The molecule has 172 valence electrons. The van der Waals surface area contributed by atoms with Crippen molar-refractivity contribution in [2.75, 3.05) is 40.4 Å². The summed E-state index contributed by atoms with van der Waals surface area (Å²) < 4.78 is 37.1. The average molecular weight is 447 g/mol. The smallest absolute Gasteiger partial charge is 0.261 e. The Morgan fingerprint density at radius 2 is 1.56 bits per heavy atom. The highest BCUT2D eigenvalue weighted by Crippen LogP contribution is 2.30. The van der Waals surface area contributed by atoms with E-state index >= 15 is 0 Å². The molecule has 1 heterocycles. The van der Waals surface area contributed by atoms with Gasteiger partial charge in [-0.05, 0) is 36.2 Å². The molecule has 2 aromatic rings. The molecule has 7 nitrogen and oxygen atoms in total. The maximum Gasteiger partial charge on any atom is 0.261 e. The molecule has 3 rings (SSSR count). The summed E-state index contributed by atoms with van der Waals surface area (Å²) in [6.07, 6.45) is 0.336. The lowest BCUT2D eigenvalue weighted by atomic mass is 10.0. The van der Waals surface area contributed by atoms with Crippen LogP contribution in [0.5, 0.6) is 11.5 Å². The van der Waals surface area contributed by atoms with Gasteiger partial charge in [0.25, 0.3) is 5.91 Å². The van der Waals surface area contributed by atoms with Crippen LogP contribution in [0, 0.1) is 11.6 Å². The number of nitrogens with zero attached hydrogens (tertiary/aromatic N) is 2. The minimum Gasteiger partial charge on any atom is -0.496 e. The molecular weight excluding hydrogens is 420 g/mol. The first-order chi connectivity index (χ1) is 15.3. The predicted octanol–water partition coefficient (Wildman–Crippen LogP) is 2.23. The molecule has 1 atom stereocenters. The maximum atomic E-state index is 13.4. The molecule has 9 heteroatoms. The van der Waals surface area contributed by atoms with Crippen molar-refractivity contribution >= 4 is 11.8 Å². The van der Waals surface area contributed by atoms with E-state index in [1.54, 1.807) is 28.0 Å². The molecule has 2 amide bonds. The molecule has 0 aromatic heterocycles. The van der Waals surface area contributed by atoms with Crippen LogP contribution in [-0.2, 0) is 11.2 Å². The van der Waals surface area contributed by atoms with Crippen molar-refractivity contribution in [3.05, 3.63) is 59.2 Å². The first-order valence-corrected chi connectivity index (χ1v) is 10.3. The minimum absolute atomic E-state index is 0.0767. The summed E-state index contributed by atoms with van der Waals surface area (Å²) in [6.45, 7) is 1.48. The Kier molecular flexibility index (Phi) is 7.63. The molecule has 1 aliphatic rings. The van der Waals surface area contributed by atoms with Crippen LogP contribution in [-0.4, -0.2) is 68.1 Å². The second-order valence-corrected chi connectivity index (χ2v) is 7.63. The van der Waals surface area contributed by atoms with Crippen molar-refractivity contribution in [2.45, 2.75) is 18.9 Å². The Morgan fingerprint density at radius 3 is 2.12 bits per heavy atom. The molecule has 1 aliphatic heterocycles. The number of benzene rings is 2.